The Morgan fingerprint density at radius 2 is 2.10 bits per heavy atom. The van der Waals surface area contributed by atoms with Crippen molar-refractivity contribution in [3.05, 3.63) is 18.0 Å². The molecule has 3 nitrogen and oxygen atoms in total. The molecule has 2 rings (SSSR count). The molecule has 0 amide bonds. The smallest absolute Gasteiger partial charge is 0.0731 e. The van der Waals surface area contributed by atoms with Crippen LogP contribution in [0.5, 0.6) is 0 Å². The molecule has 0 spiro atoms. The number of nitrogens with zero attached hydrogens (tertiary/aromatic N) is 2. The summed E-state index contributed by atoms with van der Waals surface area (Å²) in [6.07, 6.45) is 8.28. The van der Waals surface area contributed by atoms with Crippen LogP contribution in [0.3, 0.4) is 0 Å². The molecule has 1 heterocycles. The minimum absolute atomic E-state index is 0.356. The molecule has 1 aliphatic carbocycles. The molecule has 1 aromatic heterocycles. The van der Waals surface area contributed by atoms with Crippen LogP contribution in [0.2, 0.25) is 0 Å². The summed E-state index contributed by atoms with van der Waals surface area (Å²) in [6.45, 7) is 8.86. The SMILES string of the molecule is CCC(CC)n1ccc(CC2(O)CCCC(C)C2C)n1. The Kier molecular flexibility index (Phi) is 4.90. The lowest BCUT2D eigenvalue weighted by Gasteiger charge is -2.41. The highest BCUT2D eigenvalue weighted by molar-refractivity contribution is 5.07. The average Bonchev–Trinajstić information content (AvgIpc) is 2.86. The van der Waals surface area contributed by atoms with Gasteiger partial charge in [0.25, 0.3) is 0 Å². The van der Waals surface area contributed by atoms with E-state index < -0.39 is 5.60 Å². The van der Waals surface area contributed by atoms with Gasteiger partial charge >= 0.3 is 0 Å². The van der Waals surface area contributed by atoms with Crippen LogP contribution in [-0.2, 0) is 6.42 Å². The van der Waals surface area contributed by atoms with Crippen LogP contribution < -0.4 is 0 Å². The molecule has 1 aliphatic rings. The summed E-state index contributed by atoms with van der Waals surface area (Å²) < 4.78 is 2.08. The Morgan fingerprint density at radius 3 is 2.75 bits per heavy atom. The monoisotopic (exact) mass is 278 g/mol. The third-order valence-corrected chi connectivity index (χ3v) is 5.44. The van der Waals surface area contributed by atoms with E-state index in [0.717, 1.165) is 31.4 Å². The topological polar surface area (TPSA) is 38.0 Å². The highest BCUT2D eigenvalue weighted by atomic mass is 16.3. The maximum atomic E-state index is 11.0. The van der Waals surface area contributed by atoms with Gasteiger partial charge in [0.1, 0.15) is 0 Å². The molecule has 3 atom stereocenters. The maximum Gasteiger partial charge on any atom is 0.0731 e. The van der Waals surface area contributed by atoms with Crippen molar-refractivity contribution in [2.45, 2.75) is 77.9 Å². The lowest BCUT2D eigenvalue weighted by molar-refractivity contribution is -0.0628. The molecular weight excluding hydrogens is 248 g/mol. The summed E-state index contributed by atoms with van der Waals surface area (Å²) in [4.78, 5) is 0. The van der Waals surface area contributed by atoms with Gasteiger partial charge in [0.15, 0.2) is 0 Å². The lowest BCUT2D eigenvalue weighted by atomic mass is 9.69. The van der Waals surface area contributed by atoms with Crippen LogP contribution in [0.25, 0.3) is 0 Å². The first-order chi connectivity index (χ1) is 9.50. The van der Waals surface area contributed by atoms with Crippen LogP contribution in [-0.4, -0.2) is 20.5 Å². The van der Waals surface area contributed by atoms with Crippen molar-refractivity contribution in [2.75, 3.05) is 0 Å². The average molecular weight is 278 g/mol. The molecule has 0 saturated heterocycles. The standard InChI is InChI=1S/C17H30N2O/c1-5-16(6-2)19-11-9-15(18-19)12-17(20)10-7-8-13(3)14(17)4/h9,11,13-14,16,20H,5-8,10,12H2,1-4H3. The van der Waals surface area contributed by atoms with Gasteiger partial charge in [0.2, 0.25) is 0 Å². The molecule has 0 radical (unpaired) electrons. The van der Waals surface area contributed by atoms with Crippen molar-refractivity contribution >= 4 is 0 Å². The van der Waals surface area contributed by atoms with E-state index in [-0.39, 0.29) is 0 Å². The summed E-state index contributed by atoms with van der Waals surface area (Å²) in [6, 6.07) is 2.57. The molecule has 1 saturated carbocycles. The zero-order valence-electron chi connectivity index (χ0n) is 13.5. The Morgan fingerprint density at radius 1 is 1.40 bits per heavy atom. The lowest BCUT2D eigenvalue weighted by Crippen LogP contribution is -2.44. The predicted molar refractivity (Wildman–Crippen MR) is 82.7 cm³/mol. The fraction of sp³-hybridized carbons (Fsp3) is 0.824. The fourth-order valence-electron chi connectivity index (χ4n) is 3.64. The first kappa shape index (κ1) is 15.6. The highest BCUT2D eigenvalue weighted by Gasteiger charge is 2.40. The molecule has 114 valence electrons. The van der Waals surface area contributed by atoms with Gasteiger partial charge in [-0.2, -0.15) is 5.10 Å². The second-order valence-corrected chi connectivity index (χ2v) is 6.70. The van der Waals surface area contributed by atoms with Crippen molar-refractivity contribution < 1.29 is 5.11 Å². The van der Waals surface area contributed by atoms with Crippen molar-refractivity contribution in [1.29, 1.82) is 0 Å². The van der Waals surface area contributed by atoms with Gasteiger partial charge in [-0.3, -0.25) is 4.68 Å². The first-order valence-corrected chi connectivity index (χ1v) is 8.26. The molecule has 1 aromatic rings. The molecule has 0 aliphatic heterocycles. The number of hydrogen-bond acceptors (Lipinski definition) is 2. The Balaban J connectivity index is 2.09. The summed E-state index contributed by atoms with van der Waals surface area (Å²) in [7, 11) is 0. The minimum Gasteiger partial charge on any atom is -0.389 e. The molecule has 0 bridgehead atoms. The van der Waals surface area contributed by atoms with Crippen LogP contribution in [0.15, 0.2) is 12.3 Å². The summed E-state index contributed by atoms with van der Waals surface area (Å²) >= 11 is 0. The molecule has 3 unspecified atom stereocenters. The molecule has 3 heteroatoms. The number of rotatable bonds is 5. The van der Waals surface area contributed by atoms with Crippen molar-refractivity contribution in [3.8, 4) is 0 Å². The van der Waals surface area contributed by atoms with Crippen LogP contribution in [0.1, 0.15) is 71.5 Å². The third-order valence-electron chi connectivity index (χ3n) is 5.44. The Hall–Kier alpha value is -0.830. The highest BCUT2D eigenvalue weighted by Crippen LogP contribution is 2.39. The molecule has 20 heavy (non-hydrogen) atoms. The molecule has 1 N–H and O–H groups in total. The van der Waals surface area contributed by atoms with Gasteiger partial charge in [0.05, 0.1) is 17.3 Å². The Bertz CT molecular complexity index is 424. The van der Waals surface area contributed by atoms with Crippen molar-refractivity contribution in [1.82, 2.24) is 9.78 Å². The van der Waals surface area contributed by atoms with Gasteiger partial charge in [-0.25, -0.2) is 0 Å². The normalized spacial score (nSPS) is 30.9. The summed E-state index contributed by atoms with van der Waals surface area (Å²) in [5.74, 6) is 0.962. The largest absolute Gasteiger partial charge is 0.389 e. The zero-order chi connectivity index (χ0) is 14.8. The van der Waals surface area contributed by atoms with E-state index in [2.05, 4.69) is 44.6 Å². The van der Waals surface area contributed by atoms with E-state index in [4.69, 9.17) is 5.10 Å². The minimum atomic E-state index is -0.565. The van der Waals surface area contributed by atoms with E-state index in [1.807, 2.05) is 0 Å². The number of hydrogen-bond donors (Lipinski definition) is 1. The Labute approximate surface area is 123 Å². The first-order valence-electron chi connectivity index (χ1n) is 8.26. The molecule has 1 fully saturated rings. The quantitative estimate of drug-likeness (QED) is 0.885. The second kappa shape index (κ2) is 6.30. The molecule has 0 aromatic carbocycles. The van der Waals surface area contributed by atoms with Crippen LogP contribution >= 0.6 is 0 Å². The molecular formula is C17H30N2O. The maximum absolute atomic E-state index is 11.0. The van der Waals surface area contributed by atoms with E-state index in [9.17, 15) is 5.11 Å². The van der Waals surface area contributed by atoms with E-state index in [0.29, 0.717) is 24.3 Å². The summed E-state index contributed by atoms with van der Waals surface area (Å²) in [5.41, 5.74) is 0.477. The van der Waals surface area contributed by atoms with Gasteiger partial charge in [-0.1, -0.05) is 40.5 Å². The van der Waals surface area contributed by atoms with Gasteiger partial charge < -0.3 is 5.11 Å². The van der Waals surface area contributed by atoms with E-state index in [1.165, 1.54) is 6.42 Å². The predicted octanol–water partition coefficient (Wildman–Crippen LogP) is 3.97. The van der Waals surface area contributed by atoms with E-state index in [1.54, 1.807) is 0 Å². The van der Waals surface area contributed by atoms with E-state index >= 15 is 0 Å². The van der Waals surface area contributed by atoms with Gasteiger partial charge in [-0.15, -0.1) is 0 Å². The zero-order valence-corrected chi connectivity index (χ0v) is 13.5. The number of aliphatic hydroxyl groups is 1. The van der Waals surface area contributed by atoms with Gasteiger partial charge in [-0.05, 0) is 37.2 Å². The van der Waals surface area contributed by atoms with Crippen LogP contribution in [0, 0.1) is 11.8 Å². The van der Waals surface area contributed by atoms with Crippen molar-refractivity contribution in [2.24, 2.45) is 11.8 Å². The van der Waals surface area contributed by atoms with Crippen LogP contribution in [0.4, 0.5) is 0 Å². The number of aromatic nitrogens is 2. The van der Waals surface area contributed by atoms with Crippen molar-refractivity contribution in [3.63, 3.8) is 0 Å². The third kappa shape index (κ3) is 3.08. The fourth-order valence-corrected chi connectivity index (χ4v) is 3.64. The van der Waals surface area contributed by atoms with Gasteiger partial charge in [0, 0.05) is 12.6 Å². The summed E-state index contributed by atoms with van der Waals surface area (Å²) in [5, 5.41) is 15.7. The second-order valence-electron chi connectivity index (χ2n) is 6.70.